The van der Waals surface area contributed by atoms with Gasteiger partial charge >= 0.3 is 12.1 Å². The van der Waals surface area contributed by atoms with Crippen LogP contribution in [0.15, 0.2) is 47.5 Å². The molecule has 1 aromatic heterocycles. The van der Waals surface area contributed by atoms with Gasteiger partial charge in [0, 0.05) is 25.8 Å². The van der Waals surface area contributed by atoms with Crippen LogP contribution in [0.1, 0.15) is 47.3 Å². The molecule has 2 fully saturated rings. The highest BCUT2D eigenvalue weighted by Crippen LogP contribution is 2.44. The Morgan fingerprint density at radius 3 is 2.58 bits per heavy atom. The maximum absolute atomic E-state index is 13.0. The van der Waals surface area contributed by atoms with Crippen molar-refractivity contribution < 1.29 is 22.8 Å². The minimum atomic E-state index is -3.99. The maximum atomic E-state index is 13.0. The number of sulfonamides is 1. The quantitative estimate of drug-likeness (QED) is 0.613. The second-order valence-corrected chi connectivity index (χ2v) is 11.7. The second kappa shape index (κ2) is 9.53. The van der Waals surface area contributed by atoms with Crippen molar-refractivity contribution in [2.45, 2.75) is 49.6 Å². The molecule has 0 spiro atoms. The molecule has 0 saturated heterocycles. The van der Waals surface area contributed by atoms with Crippen LogP contribution in [-0.4, -0.2) is 60.2 Å². The summed E-state index contributed by atoms with van der Waals surface area (Å²) in [5, 5.41) is 5.62. The first-order chi connectivity index (χ1) is 17.2. The second-order valence-electron chi connectivity index (χ2n) is 9.72. The lowest BCUT2D eigenvalue weighted by atomic mass is 9.95. The van der Waals surface area contributed by atoms with Gasteiger partial charge in [0.05, 0.1) is 22.7 Å². The fraction of sp³-hybridized carbons (Fsp3) is 0.440. The van der Waals surface area contributed by atoms with Gasteiger partial charge < -0.3 is 10.6 Å². The number of fused-ring (bicyclic) bond motifs is 3. The number of urea groups is 2. The molecule has 3 aliphatic rings. The summed E-state index contributed by atoms with van der Waals surface area (Å²) in [4.78, 5) is 42.7. The summed E-state index contributed by atoms with van der Waals surface area (Å²) < 4.78 is 26.7. The Morgan fingerprint density at radius 1 is 1.14 bits per heavy atom. The van der Waals surface area contributed by atoms with Gasteiger partial charge in [0.1, 0.15) is 0 Å². The van der Waals surface area contributed by atoms with E-state index < -0.39 is 22.1 Å². The van der Waals surface area contributed by atoms with E-state index in [1.807, 2.05) is 0 Å². The predicted molar refractivity (Wildman–Crippen MR) is 130 cm³/mol. The fourth-order valence-corrected chi connectivity index (χ4v) is 6.53. The summed E-state index contributed by atoms with van der Waals surface area (Å²) in [6.45, 7) is 0.404. The molecule has 2 aromatic rings. The summed E-state index contributed by atoms with van der Waals surface area (Å²) in [6.07, 6.45) is 6.35. The minimum absolute atomic E-state index is 0.0220. The number of imide groups is 1. The monoisotopic (exact) mass is 511 g/mol. The van der Waals surface area contributed by atoms with Crippen molar-refractivity contribution >= 4 is 28.0 Å². The Labute approximate surface area is 210 Å². The zero-order valence-electron chi connectivity index (χ0n) is 20.0. The summed E-state index contributed by atoms with van der Waals surface area (Å²) in [5.74, 6) is 0.716. The molecule has 0 radical (unpaired) electrons. The number of nitrogens with zero attached hydrogens (tertiary/aromatic N) is 3. The molecular formula is C25H29N5O5S. The standard InChI is InChI=1S/C25H29N5O5S/c1-29(25(33)28-21-14-17-4-7-18(21)13-17)36(34,35)19-8-5-16(6-9-19)10-12-27-24(32)30-15-22-20(23(30)31)3-2-11-26-22/h2-3,5-6,8-9,11,17-18,21H,4,7,10,12-15H2,1H3,(H,27,32)(H,28,33). The van der Waals surface area contributed by atoms with Gasteiger partial charge in [0.15, 0.2) is 0 Å². The van der Waals surface area contributed by atoms with Crippen molar-refractivity contribution in [2.75, 3.05) is 13.6 Å². The number of pyridine rings is 1. The van der Waals surface area contributed by atoms with Crippen molar-refractivity contribution in [1.29, 1.82) is 0 Å². The van der Waals surface area contributed by atoms with Crippen molar-refractivity contribution in [2.24, 2.45) is 11.8 Å². The third kappa shape index (κ3) is 4.55. The Balaban J connectivity index is 1.13. The van der Waals surface area contributed by atoms with E-state index in [1.54, 1.807) is 30.5 Å². The van der Waals surface area contributed by atoms with Gasteiger partial charge in [-0.2, -0.15) is 0 Å². The predicted octanol–water partition coefficient (Wildman–Crippen LogP) is 2.51. The number of nitrogens with one attached hydrogen (secondary N) is 2. The summed E-state index contributed by atoms with van der Waals surface area (Å²) in [5.41, 5.74) is 1.81. The highest BCUT2D eigenvalue weighted by molar-refractivity contribution is 7.89. The molecule has 2 bridgehead atoms. The zero-order chi connectivity index (χ0) is 25.4. The highest BCUT2D eigenvalue weighted by atomic mass is 32.2. The SMILES string of the molecule is CN(C(=O)NC1CC2CCC1C2)S(=O)(=O)c1ccc(CCNC(=O)N2Cc3ncccc3C2=O)cc1. The molecule has 1 aliphatic heterocycles. The Kier molecular flexibility index (Phi) is 6.42. The molecule has 3 atom stereocenters. The number of aromatic nitrogens is 1. The van der Waals surface area contributed by atoms with E-state index >= 15 is 0 Å². The largest absolute Gasteiger partial charge is 0.337 e. The first-order valence-corrected chi connectivity index (χ1v) is 13.6. The van der Waals surface area contributed by atoms with Crippen molar-refractivity contribution in [3.8, 4) is 0 Å². The van der Waals surface area contributed by atoms with E-state index in [-0.39, 0.29) is 29.9 Å². The molecule has 11 heteroatoms. The Bertz CT molecular complexity index is 1300. The fourth-order valence-electron chi connectivity index (χ4n) is 5.47. The smallest absolute Gasteiger partial charge is 0.331 e. The first-order valence-electron chi connectivity index (χ1n) is 12.2. The summed E-state index contributed by atoms with van der Waals surface area (Å²) in [6, 6.07) is 8.47. The number of rotatable bonds is 6. The van der Waals surface area contributed by atoms with Crippen LogP contribution >= 0.6 is 0 Å². The number of amides is 5. The minimum Gasteiger partial charge on any atom is -0.337 e. The Hall–Kier alpha value is -3.47. The van der Waals surface area contributed by atoms with Gasteiger partial charge in [-0.3, -0.25) is 14.7 Å². The molecule has 2 saturated carbocycles. The van der Waals surface area contributed by atoms with Crippen molar-refractivity contribution in [3.05, 3.63) is 59.4 Å². The molecule has 2 N–H and O–H groups in total. The molecule has 2 heterocycles. The molecule has 1 aromatic carbocycles. The maximum Gasteiger partial charge on any atom is 0.331 e. The van der Waals surface area contributed by atoms with Crippen LogP contribution in [0.2, 0.25) is 0 Å². The van der Waals surface area contributed by atoms with Crippen LogP contribution in [0.4, 0.5) is 9.59 Å². The van der Waals surface area contributed by atoms with Crippen LogP contribution in [0.25, 0.3) is 0 Å². The third-order valence-electron chi connectivity index (χ3n) is 7.52. The lowest BCUT2D eigenvalue weighted by Crippen LogP contribution is -2.47. The van der Waals surface area contributed by atoms with E-state index in [4.69, 9.17) is 0 Å². The lowest BCUT2D eigenvalue weighted by molar-refractivity contribution is 0.0820. The van der Waals surface area contributed by atoms with Gasteiger partial charge in [-0.05, 0) is 67.3 Å². The van der Waals surface area contributed by atoms with Crippen LogP contribution in [0, 0.1) is 11.8 Å². The highest BCUT2D eigenvalue weighted by Gasteiger charge is 2.41. The first kappa shape index (κ1) is 24.2. The van der Waals surface area contributed by atoms with Crippen LogP contribution in [0.5, 0.6) is 0 Å². The molecule has 190 valence electrons. The van der Waals surface area contributed by atoms with Gasteiger partial charge in [-0.15, -0.1) is 0 Å². The van der Waals surface area contributed by atoms with Gasteiger partial charge in [-0.25, -0.2) is 22.3 Å². The lowest BCUT2D eigenvalue weighted by Gasteiger charge is -2.26. The third-order valence-corrected chi connectivity index (χ3v) is 9.28. The number of carbonyl (C=O) groups excluding carboxylic acids is 3. The Morgan fingerprint density at radius 2 is 1.92 bits per heavy atom. The molecule has 5 amide bonds. The zero-order valence-corrected chi connectivity index (χ0v) is 20.8. The molecule has 10 nitrogen and oxygen atoms in total. The summed E-state index contributed by atoms with van der Waals surface area (Å²) >= 11 is 0. The normalized spacial score (nSPS) is 22.4. The average Bonchev–Trinajstić information content (AvgIpc) is 3.59. The summed E-state index contributed by atoms with van der Waals surface area (Å²) in [7, 11) is -2.71. The van der Waals surface area contributed by atoms with Gasteiger partial charge in [0.25, 0.3) is 15.9 Å². The van der Waals surface area contributed by atoms with E-state index in [0.717, 1.165) is 34.0 Å². The van der Waals surface area contributed by atoms with E-state index in [0.29, 0.717) is 29.5 Å². The van der Waals surface area contributed by atoms with Crippen LogP contribution in [-0.2, 0) is 23.0 Å². The number of hydrogen-bond acceptors (Lipinski definition) is 6. The van der Waals surface area contributed by atoms with Gasteiger partial charge in [-0.1, -0.05) is 18.6 Å². The van der Waals surface area contributed by atoms with E-state index in [9.17, 15) is 22.8 Å². The van der Waals surface area contributed by atoms with Crippen molar-refractivity contribution in [1.82, 2.24) is 24.8 Å². The van der Waals surface area contributed by atoms with Crippen LogP contribution in [0.3, 0.4) is 0 Å². The van der Waals surface area contributed by atoms with E-state index in [1.165, 1.54) is 25.6 Å². The molecular weight excluding hydrogens is 482 g/mol. The number of carbonyl (C=O) groups is 3. The molecule has 3 unspecified atom stereocenters. The number of hydrogen-bond donors (Lipinski definition) is 2. The molecule has 5 rings (SSSR count). The van der Waals surface area contributed by atoms with Gasteiger partial charge in [0.2, 0.25) is 0 Å². The van der Waals surface area contributed by atoms with E-state index in [2.05, 4.69) is 15.6 Å². The molecule has 2 aliphatic carbocycles. The number of benzene rings is 1. The average molecular weight is 512 g/mol. The topological polar surface area (TPSA) is 129 Å². The van der Waals surface area contributed by atoms with Crippen molar-refractivity contribution in [3.63, 3.8) is 0 Å². The van der Waals surface area contributed by atoms with Crippen LogP contribution < -0.4 is 10.6 Å². The molecule has 36 heavy (non-hydrogen) atoms.